The number of carbonyl (C=O) groups excluding carboxylic acids is 2. The number of likely N-dealkylation sites (N-methyl/N-ethyl adjacent to an activating group) is 1. The van der Waals surface area contributed by atoms with Gasteiger partial charge in [-0.15, -0.1) is 10.2 Å². The van der Waals surface area contributed by atoms with Crippen molar-refractivity contribution in [2.75, 3.05) is 18.0 Å². The Morgan fingerprint density at radius 3 is 2.15 bits per heavy atom. The van der Waals surface area contributed by atoms with Crippen LogP contribution in [-0.2, 0) is 0 Å². The molecule has 39 heavy (non-hydrogen) atoms. The van der Waals surface area contributed by atoms with Crippen LogP contribution in [0, 0.1) is 27.2 Å². The number of aryl methyl sites for hydroxylation is 1. The van der Waals surface area contributed by atoms with Gasteiger partial charge in [0.1, 0.15) is 0 Å². The van der Waals surface area contributed by atoms with E-state index in [1.165, 1.54) is 4.90 Å². The number of non-ortho nitro benzene ring substituents is 1. The van der Waals surface area contributed by atoms with Crippen LogP contribution in [0.15, 0.2) is 69.3 Å². The lowest BCUT2D eigenvalue weighted by Crippen LogP contribution is -2.44. The van der Waals surface area contributed by atoms with Crippen LogP contribution in [0.4, 0.5) is 28.4 Å². The van der Waals surface area contributed by atoms with Crippen LogP contribution in [0.2, 0.25) is 0 Å². The van der Waals surface area contributed by atoms with Gasteiger partial charge in [-0.1, -0.05) is 12.1 Å². The minimum absolute atomic E-state index is 0.0700. The Hall–Kier alpha value is -4.52. The van der Waals surface area contributed by atoms with Gasteiger partial charge < -0.3 is 4.90 Å². The Kier molecular flexibility index (Phi) is 7.81. The molecule has 1 aliphatic rings. The van der Waals surface area contributed by atoms with Crippen LogP contribution in [0.5, 0.6) is 0 Å². The highest BCUT2D eigenvalue weighted by atomic mass is 79.9. The summed E-state index contributed by atoms with van der Waals surface area (Å²) < 4.78 is 0.0700. The molecule has 200 valence electrons. The molecule has 1 atom stereocenters. The molecular weight excluding hydrogens is 572 g/mol. The van der Waals surface area contributed by atoms with Crippen molar-refractivity contribution in [1.82, 2.24) is 4.90 Å². The molecule has 2 amide bonds. The van der Waals surface area contributed by atoms with Crippen LogP contribution < -0.4 is 4.90 Å². The number of nitro benzene ring substituents is 2. The minimum Gasteiger partial charge on any atom is -0.367 e. The molecule has 3 aromatic rings. The van der Waals surface area contributed by atoms with Gasteiger partial charge in [0.25, 0.3) is 17.5 Å². The first-order chi connectivity index (χ1) is 18.5. The van der Waals surface area contributed by atoms with E-state index in [1.807, 2.05) is 26.0 Å². The second-order valence-electron chi connectivity index (χ2n) is 8.88. The molecule has 1 unspecified atom stereocenters. The number of nitro groups is 2. The standard InChI is InChI=1S/C26H23BrN6O6/c1-4-30(16(3)14-31-25(34)19-7-5-6-8-20(19)26(31)35)17-9-10-22(15(2)11-17)28-29-24-21(27)12-18(32(36)37)13-23(24)33(38)39/h5-13,16H,4,14H2,1-3H3/b29-28+. The van der Waals surface area contributed by atoms with E-state index in [0.717, 1.165) is 23.4 Å². The van der Waals surface area contributed by atoms with Crippen LogP contribution in [0.25, 0.3) is 0 Å². The topological polar surface area (TPSA) is 152 Å². The number of imide groups is 1. The molecule has 3 aromatic carbocycles. The molecule has 12 nitrogen and oxygen atoms in total. The molecule has 0 bridgehead atoms. The number of fused-ring (bicyclic) bond motifs is 1. The summed E-state index contributed by atoms with van der Waals surface area (Å²) in [7, 11) is 0. The second-order valence-corrected chi connectivity index (χ2v) is 9.74. The Morgan fingerprint density at radius 2 is 1.62 bits per heavy atom. The number of hydrogen-bond donors (Lipinski definition) is 0. The Bertz CT molecular complexity index is 1510. The highest BCUT2D eigenvalue weighted by molar-refractivity contribution is 9.10. The van der Waals surface area contributed by atoms with E-state index < -0.39 is 21.2 Å². The molecule has 1 heterocycles. The van der Waals surface area contributed by atoms with Crippen molar-refractivity contribution in [2.45, 2.75) is 26.8 Å². The van der Waals surface area contributed by atoms with Gasteiger partial charge in [0, 0.05) is 30.9 Å². The van der Waals surface area contributed by atoms with Crippen molar-refractivity contribution in [3.05, 3.63) is 96.0 Å². The summed E-state index contributed by atoms with van der Waals surface area (Å²) in [6.45, 7) is 6.51. The van der Waals surface area contributed by atoms with Gasteiger partial charge in [0.2, 0.25) is 0 Å². The zero-order valence-electron chi connectivity index (χ0n) is 21.2. The normalized spacial score (nSPS) is 13.6. The Morgan fingerprint density at radius 1 is 0.974 bits per heavy atom. The summed E-state index contributed by atoms with van der Waals surface area (Å²) >= 11 is 3.12. The first-order valence-electron chi connectivity index (χ1n) is 11.9. The Balaban J connectivity index is 1.55. The van der Waals surface area contributed by atoms with Gasteiger partial charge in [0.15, 0.2) is 5.69 Å². The van der Waals surface area contributed by atoms with Crippen LogP contribution in [0.3, 0.4) is 0 Å². The second kappa shape index (κ2) is 11.1. The van der Waals surface area contributed by atoms with Gasteiger partial charge in [-0.25, -0.2) is 0 Å². The largest absolute Gasteiger partial charge is 0.367 e. The van der Waals surface area contributed by atoms with Crippen molar-refractivity contribution in [1.29, 1.82) is 0 Å². The fourth-order valence-corrected chi connectivity index (χ4v) is 4.98. The van der Waals surface area contributed by atoms with E-state index in [9.17, 15) is 29.8 Å². The van der Waals surface area contributed by atoms with Crippen molar-refractivity contribution in [2.24, 2.45) is 10.2 Å². The van der Waals surface area contributed by atoms with Crippen molar-refractivity contribution in [3.63, 3.8) is 0 Å². The van der Waals surface area contributed by atoms with Gasteiger partial charge in [-0.2, -0.15) is 0 Å². The summed E-state index contributed by atoms with van der Waals surface area (Å²) in [6.07, 6.45) is 0. The van der Waals surface area contributed by atoms with Crippen molar-refractivity contribution < 1.29 is 19.4 Å². The molecule has 13 heteroatoms. The van der Waals surface area contributed by atoms with Crippen molar-refractivity contribution in [3.8, 4) is 0 Å². The lowest BCUT2D eigenvalue weighted by atomic mass is 10.1. The SMILES string of the molecule is CCN(c1ccc(/N=N/c2c(Br)cc([N+](=O)[O-])cc2[N+](=O)[O-])c(C)c1)C(C)CN1C(=O)c2ccccc2C1=O. The van der Waals surface area contributed by atoms with Crippen molar-refractivity contribution >= 4 is 56.2 Å². The van der Waals surface area contributed by atoms with E-state index in [1.54, 1.807) is 37.3 Å². The number of benzene rings is 3. The van der Waals surface area contributed by atoms with E-state index >= 15 is 0 Å². The average molecular weight is 595 g/mol. The molecule has 0 saturated heterocycles. The first-order valence-corrected chi connectivity index (χ1v) is 12.7. The monoisotopic (exact) mass is 594 g/mol. The Labute approximate surface area is 231 Å². The third kappa shape index (κ3) is 5.39. The maximum absolute atomic E-state index is 12.8. The molecule has 0 fully saturated rings. The zero-order chi connectivity index (χ0) is 28.4. The maximum atomic E-state index is 12.8. The smallest absolute Gasteiger partial charge is 0.304 e. The predicted molar refractivity (Wildman–Crippen MR) is 147 cm³/mol. The number of rotatable bonds is 9. The molecule has 0 aromatic heterocycles. The number of nitrogens with zero attached hydrogens (tertiary/aromatic N) is 6. The summed E-state index contributed by atoms with van der Waals surface area (Å²) in [4.78, 5) is 50.0. The first kappa shape index (κ1) is 27.5. The van der Waals surface area contributed by atoms with Crippen LogP contribution in [-0.4, -0.2) is 45.7 Å². The highest BCUT2D eigenvalue weighted by Gasteiger charge is 2.36. The van der Waals surface area contributed by atoms with Gasteiger partial charge in [-0.05, 0) is 72.6 Å². The number of amides is 2. The van der Waals surface area contributed by atoms with Gasteiger partial charge in [-0.3, -0.25) is 34.7 Å². The van der Waals surface area contributed by atoms with Crippen LogP contribution >= 0.6 is 15.9 Å². The zero-order valence-corrected chi connectivity index (χ0v) is 22.8. The number of halogens is 1. The lowest BCUT2D eigenvalue weighted by molar-refractivity contribution is -0.393. The molecule has 0 radical (unpaired) electrons. The summed E-state index contributed by atoms with van der Waals surface area (Å²) in [5.41, 5.74) is 1.69. The summed E-state index contributed by atoms with van der Waals surface area (Å²) in [5, 5.41) is 30.7. The third-order valence-electron chi connectivity index (χ3n) is 6.40. The number of carbonyl (C=O) groups is 2. The third-order valence-corrected chi connectivity index (χ3v) is 7.01. The highest BCUT2D eigenvalue weighted by Crippen LogP contribution is 2.40. The molecule has 4 rings (SSSR count). The van der Waals surface area contributed by atoms with E-state index in [2.05, 4.69) is 31.1 Å². The van der Waals surface area contributed by atoms with Gasteiger partial charge >= 0.3 is 5.69 Å². The minimum atomic E-state index is -0.753. The fraction of sp³-hybridized carbons (Fsp3) is 0.231. The summed E-state index contributed by atoms with van der Waals surface area (Å²) in [6, 6.07) is 13.9. The molecule has 1 aliphatic heterocycles. The van der Waals surface area contributed by atoms with Gasteiger partial charge in [0.05, 0.1) is 37.2 Å². The molecule has 0 N–H and O–H groups in total. The lowest BCUT2D eigenvalue weighted by Gasteiger charge is -2.32. The quantitative estimate of drug-likeness (QED) is 0.118. The van der Waals surface area contributed by atoms with E-state index in [4.69, 9.17) is 0 Å². The molecular formula is C26H23BrN6O6. The van der Waals surface area contributed by atoms with E-state index in [0.29, 0.717) is 23.4 Å². The molecule has 0 saturated carbocycles. The molecule has 0 aliphatic carbocycles. The number of azo groups is 1. The maximum Gasteiger partial charge on any atom is 0.304 e. The number of anilines is 1. The predicted octanol–water partition coefficient (Wildman–Crippen LogP) is 6.50. The summed E-state index contributed by atoms with van der Waals surface area (Å²) in [5.74, 6) is -0.617. The molecule has 0 spiro atoms. The fourth-order valence-electron chi connectivity index (χ4n) is 4.47. The van der Waals surface area contributed by atoms with Crippen LogP contribution in [0.1, 0.15) is 40.1 Å². The average Bonchev–Trinajstić information content (AvgIpc) is 3.13. The number of hydrogen-bond acceptors (Lipinski definition) is 9. The van der Waals surface area contributed by atoms with E-state index in [-0.39, 0.29) is 34.6 Å².